The molecule has 1 heterocycles. The second-order valence-electron chi connectivity index (χ2n) is 5.09. The number of rotatable bonds is 5. The SMILES string of the molecule is COc1cc(/C=N\Nc2nc(-c3ccc(Cl)cc3Cl)cs2)cc(Br)c1O. The van der Waals surface area contributed by atoms with E-state index in [0.717, 1.165) is 16.8 Å². The third-order valence-electron chi connectivity index (χ3n) is 3.36. The molecule has 0 aliphatic carbocycles. The zero-order valence-corrected chi connectivity index (χ0v) is 17.2. The largest absolute Gasteiger partial charge is 0.503 e. The van der Waals surface area contributed by atoms with Crippen LogP contribution in [-0.4, -0.2) is 23.4 Å². The van der Waals surface area contributed by atoms with E-state index in [9.17, 15) is 5.11 Å². The van der Waals surface area contributed by atoms with Gasteiger partial charge in [-0.25, -0.2) is 4.98 Å². The van der Waals surface area contributed by atoms with Crippen LogP contribution < -0.4 is 10.2 Å². The van der Waals surface area contributed by atoms with Crippen LogP contribution in [0.2, 0.25) is 10.0 Å². The minimum Gasteiger partial charge on any atom is -0.503 e. The lowest BCUT2D eigenvalue weighted by Crippen LogP contribution is -1.92. The molecule has 9 heteroatoms. The van der Waals surface area contributed by atoms with Gasteiger partial charge in [0.1, 0.15) is 0 Å². The van der Waals surface area contributed by atoms with Crippen molar-refractivity contribution in [3.63, 3.8) is 0 Å². The summed E-state index contributed by atoms with van der Waals surface area (Å²) in [7, 11) is 1.49. The Labute approximate surface area is 172 Å². The average molecular weight is 473 g/mol. The van der Waals surface area contributed by atoms with Gasteiger partial charge in [0.15, 0.2) is 11.5 Å². The Morgan fingerprint density at radius 1 is 1.31 bits per heavy atom. The maximum atomic E-state index is 9.82. The molecule has 0 bridgehead atoms. The molecule has 0 aliphatic rings. The van der Waals surface area contributed by atoms with Crippen molar-refractivity contribution < 1.29 is 9.84 Å². The summed E-state index contributed by atoms with van der Waals surface area (Å²) in [4.78, 5) is 4.46. The molecule has 0 saturated carbocycles. The summed E-state index contributed by atoms with van der Waals surface area (Å²) < 4.78 is 5.63. The van der Waals surface area contributed by atoms with Crippen LogP contribution in [0.15, 0.2) is 45.3 Å². The molecule has 0 aliphatic heterocycles. The Kier molecular flexibility index (Phi) is 6.03. The van der Waals surface area contributed by atoms with Crippen LogP contribution in [0.3, 0.4) is 0 Å². The number of thiazole rings is 1. The summed E-state index contributed by atoms with van der Waals surface area (Å²) in [5.74, 6) is 0.400. The molecular weight excluding hydrogens is 461 g/mol. The first-order valence-corrected chi connectivity index (χ1v) is 9.67. The highest BCUT2D eigenvalue weighted by atomic mass is 79.9. The van der Waals surface area contributed by atoms with Crippen molar-refractivity contribution in [1.29, 1.82) is 0 Å². The molecule has 0 fully saturated rings. The van der Waals surface area contributed by atoms with E-state index >= 15 is 0 Å². The lowest BCUT2D eigenvalue weighted by atomic mass is 10.2. The van der Waals surface area contributed by atoms with Gasteiger partial charge in [0.05, 0.1) is 28.5 Å². The Morgan fingerprint density at radius 2 is 2.12 bits per heavy atom. The van der Waals surface area contributed by atoms with Crippen LogP contribution in [0.4, 0.5) is 5.13 Å². The van der Waals surface area contributed by atoms with Gasteiger partial charge < -0.3 is 9.84 Å². The van der Waals surface area contributed by atoms with Crippen molar-refractivity contribution in [2.24, 2.45) is 5.10 Å². The second kappa shape index (κ2) is 8.26. The first kappa shape index (κ1) is 19.0. The number of benzene rings is 2. The summed E-state index contributed by atoms with van der Waals surface area (Å²) in [5, 5.41) is 17.6. The number of phenols is 1. The van der Waals surface area contributed by atoms with E-state index in [2.05, 4.69) is 31.4 Å². The van der Waals surface area contributed by atoms with Crippen LogP contribution in [0.1, 0.15) is 5.56 Å². The van der Waals surface area contributed by atoms with E-state index in [-0.39, 0.29) is 5.75 Å². The van der Waals surface area contributed by atoms with Gasteiger partial charge in [-0.1, -0.05) is 23.2 Å². The fourth-order valence-corrected chi connectivity index (χ4v) is 3.76. The molecule has 2 aromatic carbocycles. The molecule has 1 aromatic heterocycles. The van der Waals surface area contributed by atoms with Crippen LogP contribution >= 0.6 is 50.5 Å². The molecule has 0 atom stereocenters. The number of aromatic nitrogens is 1. The number of aromatic hydroxyl groups is 1. The minimum atomic E-state index is 0.0435. The summed E-state index contributed by atoms with van der Waals surface area (Å²) in [5.41, 5.74) is 5.16. The van der Waals surface area contributed by atoms with Gasteiger partial charge in [-0.05, 0) is 51.8 Å². The molecule has 3 aromatic rings. The molecule has 0 saturated heterocycles. The third-order valence-corrected chi connectivity index (χ3v) is 5.26. The number of methoxy groups -OCH3 is 1. The fraction of sp³-hybridized carbons (Fsp3) is 0.0588. The van der Waals surface area contributed by atoms with Crippen LogP contribution in [-0.2, 0) is 0 Å². The smallest absolute Gasteiger partial charge is 0.203 e. The van der Waals surface area contributed by atoms with Crippen molar-refractivity contribution in [2.45, 2.75) is 0 Å². The highest BCUT2D eigenvalue weighted by Gasteiger charge is 2.09. The first-order valence-electron chi connectivity index (χ1n) is 7.24. The topological polar surface area (TPSA) is 66.7 Å². The van der Waals surface area contributed by atoms with E-state index in [1.807, 2.05) is 11.4 Å². The number of hydrazone groups is 1. The van der Waals surface area contributed by atoms with E-state index in [0.29, 0.717) is 25.4 Å². The summed E-state index contributed by atoms with van der Waals surface area (Å²) in [6.07, 6.45) is 1.60. The Bertz CT molecular complexity index is 979. The summed E-state index contributed by atoms with van der Waals surface area (Å²) in [6.45, 7) is 0. The Balaban J connectivity index is 1.74. The van der Waals surface area contributed by atoms with Crippen molar-refractivity contribution in [3.05, 3.63) is 55.8 Å². The van der Waals surface area contributed by atoms with Gasteiger partial charge in [-0.15, -0.1) is 11.3 Å². The lowest BCUT2D eigenvalue weighted by molar-refractivity contribution is 0.372. The number of halogens is 3. The van der Waals surface area contributed by atoms with Gasteiger partial charge >= 0.3 is 0 Å². The van der Waals surface area contributed by atoms with E-state index in [1.54, 1.807) is 30.5 Å². The summed E-state index contributed by atoms with van der Waals surface area (Å²) >= 11 is 16.8. The zero-order chi connectivity index (χ0) is 18.7. The predicted molar refractivity (Wildman–Crippen MR) is 111 cm³/mol. The summed E-state index contributed by atoms with van der Waals surface area (Å²) in [6, 6.07) is 8.67. The normalized spacial score (nSPS) is 11.1. The van der Waals surface area contributed by atoms with Crippen molar-refractivity contribution in [3.8, 4) is 22.8 Å². The zero-order valence-electron chi connectivity index (χ0n) is 13.3. The Hall–Kier alpha value is -1.80. The number of hydrogen-bond donors (Lipinski definition) is 2. The molecule has 26 heavy (non-hydrogen) atoms. The first-order chi connectivity index (χ1) is 12.5. The van der Waals surface area contributed by atoms with Crippen LogP contribution in [0.5, 0.6) is 11.5 Å². The fourth-order valence-electron chi connectivity index (χ4n) is 2.13. The maximum Gasteiger partial charge on any atom is 0.203 e. The predicted octanol–water partition coefficient (Wildman–Crippen LogP) is 6.04. The van der Waals surface area contributed by atoms with Crippen molar-refractivity contribution >= 4 is 61.8 Å². The molecule has 134 valence electrons. The molecule has 3 rings (SSSR count). The molecule has 0 spiro atoms. The van der Waals surface area contributed by atoms with Crippen LogP contribution in [0, 0.1) is 0 Å². The third kappa shape index (κ3) is 4.29. The second-order valence-corrected chi connectivity index (χ2v) is 7.64. The number of phenolic OH excluding ortho intramolecular Hbond substituents is 1. The van der Waals surface area contributed by atoms with Gasteiger partial charge in [-0.2, -0.15) is 5.10 Å². The number of nitrogens with zero attached hydrogens (tertiary/aromatic N) is 2. The molecule has 0 radical (unpaired) electrons. The average Bonchev–Trinajstić information content (AvgIpc) is 3.06. The standard InChI is InChI=1S/C17H12BrCl2N3O2S/c1-25-15-5-9(4-12(18)16(15)24)7-21-23-17-22-14(8-26-17)11-3-2-10(19)6-13(11)20/h2-8,24H,1H3,(H,22,23)/b21-7-. The van der Waals surface area contributed by atoms with Gasteiger partial charge in [0.2, 0.25) is 5.13 Å². The Morgan fingerprint density at radius 3 is 2.85 bits per heavy atom. The van der Waals surface area contributed by atoms with Gasteiger partial charge in [-0.3, -0.25) is 5.43 Å². The number of anilines is 1. The number of hydrogen-bond acceptors (Lipinski definition) is 6. The molecule has 0 amide bonds. The van der Waals surface area contributed by atoms with E-state index in [4.69, 9.17) is 27.9 Å². The van der Waals surface area contributed by atoms with Gasteiger partial charge in [0, 0.05) is 16.0 Å². The number of ether oxygens (including phenoxy) is 1. The molecular formula is C17H12BrCl2N3O2S. The van der Waals surface area contributed by atoms with Gasteiger partial charge in [0.25, 0.3) is 0 Å². The highest BCUT2D eigenvalue weighted by molar-refractivity contribution is 9.10. The minimum absolute atomic E-state index is 0.0435. The van der Waals surface area contributed by atoms with E-state index < -0.39 is 0 Å². The maximum absolute atomic E-state index is 9.82. The monoisotopic (exact) mass is 471 g/mol. The molecule has 5 nitrogen and oxygen atoms in total. The number of nitrogens with one attached hydrogen (secondary N) is 1. The quantitative estimate of drug-likeness (QED) is 0.351. The highest BCUT2D eigenvalue weighted by Crippen LogP contribution is 2.35. The molecule has 2 N–H and O–H groups in total. The van der Waals surface area contributed by atoms with Crippen LogP contribution in [0.25, 0.3) is 11.3 Å². The lowest BCUT2D eigenvalue weighted by Gasteiger charge is -2.06. The van der Waals surface area contributed by atoms with Crippen molar-refractivity contribution in [2.75, 3.05) is 12.5 Å². The van der Waals surface area contributed by atoms with Crippen molar-refractivity contribution in [1.82, 2.24) is 4.98 Å². The molecule has 0 unspecified atom stereocenters. The van der Waals surface area contributed by atoms with E-state index in [1.165, 1.54) is 18.4 Å².